The summed E-state index contributed by atoms with van der Waals surface area (Å²) in [4.78, 5) is 5.11. The lowest BCUT2D eigenvalue weighted by Crippen LogP contribution is -2.63. The van der Waals surface area contributed by atoms with Crippen LogP contribution in [-0.2, 0) is 6.54 Å². The molecule has 98 valence electrons. The molecule has 1 aromatic carbocycles. The maximum atomic E-state index is 3.68. The van der Waals surface area contributed by atoms with E-state index in [4.69, 9.17) is 0 Å². The van der Waals surface area contributed by atoms with Crippen molar-refractivity contribution in [2.24, 2.45) is 0 Å². The number of benzene rings is 1. The van der Waals surface area contributed by atoms with Gasteiger partial charge in [0.1, 0.15) is 0 Å². The van der Waals surface area contributed by atoms with Crippen LogP contribution in [0.5, 0.6) is 0 Å². The van der Waals surface area contributed by atoms with Gasteiger partial charge in [-0.1, -0.05) is 30.3 Å². The van der Waals surface area contributed by atoms with Gasteiger partial charge in [-0.25, -0.2) is 0 Å². The number of rotatable bonds is 2. The molecule has 0 amide bonds. The highest BCUT2D eigenvalue weighted by Crippen LogP contribution is 2.20. The van der Waals surface area contributed by atoms with Gasteiger partial charge in [0.05, 0.1) is 0 Å². The van der Waals surface area contributed by atoms with Crippen molar-refractivity contribution in [1.29, 1.82) is 0 Å². The monoisotopic (exact) mass is 245 g/mol. The minimum absolute atomic E-state index is 0.654. The molecule has 1 N–H and O–H groups in total. The van der Waals surface area contributed by atoms with Gasteiger partial charge in [0.2, 0.25) is 0 Å². The van der Waals surface area contributed by atoms with Crippen molar-refractivity contribution >= 4 is 0 Å². The van der Waals surface area contributed by atoms with Gasteiger partial charge in [-0.15, -0.1) is 0 Å². The molecule has 0 aliphatic carbocycles. The number of likely N-dealkylation sites (tertiary alicyclic amines) is 1. The Labute approximate surface area is 110 Å². The van der Waals surface area contributed by atoms with Crippen LogP contribution < -0.4 is 5.32 Å². The molecule has 2 unspecified atom stereocenters. The van der Waals surface area contributed by atoms with E-state index in [0.717, 1.165) is 19.1 Å². The first-order valence-corrected chi connectivity index (χ1v) is 7.03. The number of nitrogens with one attached hydrogen (secondary N) is 1. The standard InChI is InChI=1S/C15H23N3/c1-17-10-8-16-14-12-18(9-7-15(14)17)11-13-5-3-2-4-6-13/h2-6,14-16H,7-12H2,1H3. The molecule has 2 aliphatic heterocycles. The maximum Gasteiger partial charge on any atom is 0.0352 e. The van der Waals surface area contributed by atoms with Crippen molar-refractivity contribution in [3.05, 3.63) is 35.9 Å². The number of fused-ring (bicyclic) bond motifs is 1. The zero-order chi connectivity index (χ0) is 12.4. The molecule has 0 radical (unpaired) electrons. The lowest BCUT2D eigenvalue weighted by molar-refractivity contribution is 0.0625. The largest absolute Gasteiger partial charge is 0.310 e. The number of nitrogens with zero attached hydrogens (tertiary/aromatic N) is 2. The van der Waals surface area contributed by atoms with Crippen LogP contribution in [0.3, 0.4) is 0 Å². The van der Waals surface area contributed by atoms with Gasteiger partial charge in [0.15, 0.2) is 0 Å². The third-order valence-corrected chi connectivity index (χ3v) is 4.35. The summed E-state index contributed by atoms with van der Waals surface area (Å²) in [5.41, 5.74) is 1.43. The molecule has 3 heteroatoms. The van der Waals surface area contributed by atoms with E-state index >= 15 is 0 Å². The smallest absolute Gasteiger partial charge is 0.0352 e. The summed E-state index contributed by atoms with van der Waals surface area (Å²) in [5, 5.41) is 3.68. The maximum absolute atomic E-state index is 3.68. The molecular formula is C15H23N3. The third-order valence-electron chi connectivity index (χ3n) is 4.35. The van der Waals surface area contributed by atoms with E-state index in [-0.39, 0.29) is 0 Å². The van der Waals surface area contributed by atoms with Gasteiger partial charge in [-0.05, 0) is 19.0 Å². The Kier molecular flexibility index (Phi) is 3.64. The highest BCUT2D eigenvalue weighted by molar-refractivity contribution is 5.14. The first kappa shape index (κ1) is 12.2. The Balaban J connectivity index is 1.60. The summed E-state index contributed by atoms with van der Waals surface area (Å²) in [5.74, 6) is 0. The molecule has 2 saturated heterocycles. The molecule has 0 spiro atoms. The van der Waals surface area contributed by atoms with Crippen molar-refractivity contribution in [1.82, 2.24) is 15.1 Å². The van der Waals surface area contributed by atoms with Gasteiger partial charge in [-0.3, -0.25) is 4.90 Å². The SMILES string of the molecule is CN1CCNC2CN(Cc3ccccc3)CCC21. The van der Waals surface area contributed by atoms with E-state index in [1.54, 1.807) is 0 Å². The normalized spacial score (nSPS) is 30.1. The van der Waals surface area contributed by atoms with Gasteiger partial charge in [0.25, 0.3) is 0 Å². The molecule has 2 fully saturated rings. The molecule has 3 nitrogen and oxygen atoms in total. The quantitative estimate of drug-likeness (QED) is 0.843. The van der Waals surface area contributed by atoms with E-state index in [2.05, 4.69) is 52.5 Å². The van der Waals surface area contributed by atoms with Crippen molar-refractivity contribution < 1.29 is 0 Å². The molecule has 1 aromatic rings. The Bertz CT molecular complexity index is 379. The number of piperidine rings is 1. The Morgan fingerprint density at radius 2 is 2.06 bits per heavy atom. The molecule has 0 saturated carbocycles. The van der Waals surface area contributed by atoms with Crippen molar-refractivity contribution in [2.45, 2.75) is 25.0 Å². The molecule has 2 atom stereocenters. The van der Waals surface area contributed by atoms with Crippen LogP contribution in [0.4, 0.5) is 0 Å². The summed E-state index contributed by atoms with van der Waals surface area (Å²) < 4.78 is 0. The van der Waals surface area contributed by atoms with Gasteiger partial charge in [0, 0.05) is 44.8 Å². The zero-order valence-corrected chi connectivity index (χ0v) is 11.2. The average molecular weight is 245 g/mol. The van der Waals surface area contributed by atoms with Crippen LogP contribution in [0.1, 0.15) is 12.0 Å². The predicted octanol–water partition coefficient (Wildman–Crippen LogP) is 1.16. The molecular weight excluding hydrogens is 222 g/mol. The van der Waals surface area contributed by atoms with Crippen LogP contribution in [0.2, 0.25) is 0 Å². The zero-order valence-electron chi connectivity index (χ0n) is 11.2. The van der Waals surface area contributed by atoms with Crippen LogP contribution in [0.15, 0.2) is 30.3 Å². The van der Waals surface area contributed by atoms with E-state index in [0.29, 0.717) is 6.04 Å². The summed E-state index contributed by atoms with van der Waals surface area (Å²) in [7, 11) is 2.27. The summed E-state index contributed by atoms with van der Waals surface area (Å²) in [6, 6.07) is 12.2. The van der Waals surface area contributed by atoms with Gasteiger partial charge in [-0.2, -0.15) is 0 Å². The predicted molar refractivity (Wildman–Crippen MR) is 74.5 cm³/mol. The Hall–Kier alpha value is -0.900. The molecule has 0 bridgehead atoms. The first-order chi connectivity index (χ1) is 8.83. The van der Waals surface area contributed by atoms with Gasteiger partial charge < -0.3 is 10.2 Å². The fraction of sp³-hybridized carbons (Fsp3) is 0.600. The van der Waals surface area contributed by atoms with Crippen molar-refractivity contribution in [3.63, 3.8) is 0 Å². The summed E-state index contributed by atoms with van der Waals surface area (Å²) >= 11 is 0. The van der Waals surface area contributed by atoms with Crippen LogP contribution in [0, 0.1) is 0 Å². The topological polar surface area (TPSA) is 18.5 Å². The van der Waals surface area contributed by atoms with E-state index in [1.165, 1.54) is 31.6 Å². The molecule has 18 heavy (non-hydrogen) atoms. The fourth-order valence-corrected chi connectivity index (χ4v) is 3.31. The average Bonchev–Trinajstić information content (AvgIpc) is 2.40. The van der Waals surface area contributed by atoms with Crippen LogP contribution >= 0.6 is 0 Å². The minimum atomic E-state index is 0.654. The minimum Gasteiger partial charge on any atom is -0.310 e. The van der Waals surface area contributed by atoms with Gasteiger partial charge >= 0.3 is 0 Å². The van der Waals surface area contributed by atoms with Crippen molar-refractivity contribution in [2.75, 3.05) is 33.2 Å². The molecule has 2 heterocycles. The highest BCUT2D eigenvalue weighted by Gasteiger charge is 2.33. The first-order valence-electron chi connectivity index (χ1n) is 7.03. The number of hydrogen-bond donors (Lipinski definition) is 1. The molecule has 0 aromatic heterocycles. The lowest BCUT2D eigenvalue weighted by Gasteiger charge is -2.46. The fourth-order valence-electron chi connectivity index (χ4n) is 3.31. The van der Waals surface area contributed by atoms with Crippen LogP contribution in [-0.4, -0.2) is 55.1 Å². The van der Waals surface area contributed by atoms with E-state index in [1.807, 2.05) is 0 Å². The lowest BCUT2D eigenvalue weighted by atomic mass is 9.95. The molecule has 3 rings (SSSR count). The highest BCUT2D eigenvalue weighted by atomic mass is 15.3. The second-order valence-electron chi connectivity index (χ2n) is 5.62. The number of hydrogen-bond acceptors (Lipinski definition) is 3. The number of piperazine rings is 1. The number of likely N-dealkylation sites (N-methyl/N-ethyl adjacent to an activating group) is 1. The van der Waals surface area contributed by atoms with Crippen molar-refractivity contribution in [3.8, 4) is 0 Å². The summed E-state index contributed by atoms with van der Waals surface area (Å²) in [6.45, 7) is 5.83. The second-order valence-corrected chi connectivity index (χ2v) is 5.62. The Morgan fingerprint density at radius 1 is 1.22 bits per heavy atom. The second kappa shape index (κ2) is 5.39. The summed E-state index contributed by atoms with van der Waals surface area (Å²) in [6.07, 6.45) is 1.29. The third kappa shape index (κ3) is 2.58. The van der Waals surface area contributed by atoms with E-state index < -0.39 is 0 Å². The molecule has 2 aliphatic rings. The van der Waals surface area contributed by atoms with E-state index in [9.17, 15) is 0 Å². The van der Waals surface area contributed by atoms with Crippen LogP contribution in [0.25, 0.3) is 0 Å². The Morgan fingerprint density at radius 3 is 2.89 bits per heavy atom.